The van der Waals surface area contributed by atoms with Gasteiger partial charge in [0.2, 0.25) is 0 Å². The number of benzene rings is 2. The summed E-state index contributed by atoms with van der Waals surface area (Å²) >= 11 is 9.57. The minimum Gasteiger partial charge on any atom is -0.380 e. The van der Waals surface area contributed by atoms with Gasteiger partial charge in [0.1, 0.15) is 0 Å². The standard InChI is InChI=1S/C14H10BrClN2/c15-12-4-2-1-3-11(12)9-18-14-7-10(8-17)5-6-13(14)16/h1-7,18H,9H2. The first-order valence-corrected chi connectivity index (χ1v) is 6.55. The number of nitrogens with one attached hydrogen (secondary N) is 1. The van der Waals surface area contributed by atoms with Gasteiger partial charge in [-0.3, -0.25) is 0 Å². The molecule has 0 atom stereocenters. The quantitative estimate of drug-likeness (QED) is 0.897. The molecule has 2 aromatic rings. The molecule has 2 aromatic carbocycles. The second-order valence-corrected chi connectivity index (χ2v) is 5.01. The highest BCUT2D eigenvalue weighted by molar-refractivity contribution is 9.10. The van der Waals surface area contributed by atoms with E-state index in [0.717, 1.165) is 15.7 Å². The number of hydrogen-bond donors (Lipinski definition) is 1. The fourth-order valence-electron chi connectivity index (χ4n) is 1.56. The predicted octanol–water partition coefficient (Wildman–Crippen LogP) is 4.59. The molecular formula is C14H10BrClN2. The van der Waals surface area contributed by atoms with Gasteiger partial charge >= 0.3 is 0 Å². The van der Waals surface area contributed by atoms with Crippen molar-refractivity contribution in [3.05, 3.63) is 63.1 Å². The number of rotatable bonds is 3. The lowest BCUT2D eigenvalue weighted by Crippen LogP contribution is -2.01. The van der Waals surface area contributed by atoms with Crippen LogP contribution in [0, 0.1) is 11.3 Å². The van der Waals surface area contributed by atoms with Gasteiger partial charge in [0, 0.05) is 11.0 Å². The van der Waals surface area contributed by atoms with E-state index in [2.05, 4.69) is 27.3 Å². The molecule has 4 heteroatoms. The minimum absolute atomic E-state index is 0.592. The largest absolute Gasteiger partial charge is 0.380 e. The van der Waals surface area contributed by atoms with Crippen LogP contribution in [0.2, 0.25) is 5.02 Å². The minimum atomic E-state index is 0.592. The van der Waals surface area contributed by atoms with E-state index in [4.69, 9.17) is 16.9 Å². The Hall–Kier alpha value is -1.50. The van der Waals surface area contributed by atoms with E-state index >= 15 is 0 Å². The molecule has 0 spiro atoms. The highest BCUT2D eigenvalue weighted by Gasteiger charge is 2.03. The molecule has 0 radical (unpaired) electrons. The van der Waals surface area contributed by atoms with Gasteiger partial charge in [-0.2, -0.15) is 5.26 Å². The van der Waals surface area contributed by atoms with Crippen LogP contribution in [0.1, 0.15) is 11.1 Å². The zero-order chi connectivity index (χ0) is 13.0. The molecule has 0 unspecified atom stereocenters. The lowest BCUT2D eigenvalue weighted by atomic mass is 10.2. The summed E-state index contributed by atoms with van der Waals surface area (Å²) in [7, 11) is 0. The first-order valence-electron chi connectivity index (χ1n) is 5.37. The van der Waals surface area contributed by atoms with Crippen molar-refractivity contribution < 1.29 is 0 Å². The Morgan fingerprint density at radius 2 is 2.00 bits per heavy atom. The SMILES string of the molecule is N#Cc1ccc(Cl)c(NCc2ccccc2Br)c1. The molecule has 0 heterocycles. The summed E-state index contributed by atoms with van der Waals surface area (Å²) in [4.78, 5) is 0. The first kappa shape index (κ1) is 12.9. The highest BCUT2D eigenvalue weighted by atomic mass is 79.9. The van der Waals surface area contributed by atoms with E-state index in [9.17, 15) is 0 Å². The van der Waals surface area contributed by atoms with Crippen molar-refractivity contribution in [1.82, 2.24) is 0 Å². The third-order valence-electron chi connectivity index (χ3n) is 2.52. The van der Waals surface area contributed by atoms with Gasteiger partial charge in [-0.05, 0) is 29.8 Å². The molecule has 90 valence electrons. The second-order valence-electron chi connectivity index (χ2n) is 3.75. The number of anilines is 1. The maximum atomic E-state index is 8.85. The van der Waals surface area contributed by atoms with Gasteiger partial charge in [0.05, 0.1) is 22.3 Å². The monoisotopic (exact) mass is 320 g/mol. The fraction of sp³-hybridized carbons (Fsp3) is 0.0714. The Morgan fingerprint density at radius 1 is 1.22 bits per heavy atom. The van der Waals surface area contributed by atoms with Gasteiger partial charge in [0.25, 0.3) is 0 Å². The summed E-state index contributed by atoms with van der Waals surface area (Å²) in [6.07, 6.45) is 0. The van der Waals surface area contributed by atoms with Gasteiger partial charge in [0.15, 0.2) is 0 Å². The van der Waals surface area contributed by atoms with Crippen molar-refractivity contribution in [2.24, 2.45) is 0 Å². The molecule has 0 aliphatic carbocycles. The summed E-state index contributed by atoms with van der Waals surface area (Å²) in [6, 6.07) is 15.2. The van der Waals surface area contributed by atoms with E-state index < -0.39 is 0 Å². The molecule has 0 fully saturated rings. The normalized spacial score (nSPS) is 9.83. The Bertz CT molecular complexity index is 605. The van der Waals surface area contributed by atoms with Crippen LogP contribution < -0.4 is 5.32 Å². The Labute approximate surface area is 119 Å². The van der Waals surface area contributed by atoms with Crippen molar-refractivity contribution in [2.75, 3.05) is 5.32 Å². The molecule has 0 aliphatic heterocycles. The topological polar surface area (TPSA) is 35.8 Å². The van der Waals surface area contributed by atoms with Crippen LogP contribution >= 0.6 is 27.5 Å². The zero-order valence-electron chi connectivity index (χ0n) is 9.45. The Morgan fingerprint density at radius 3 is 2.72 bits per heavy atom. The first-order chi connectivity index (χ1) is 8.70. The zero-order valence-corrected chi connectivity index (χ0v) is 11.8. The van der Waals surface area contributed by atoms with Crippen LogP contribution in [0.4, 0.5) is 5.69 Å². The molecule has 18 heavy (non-hydrogen) atoms. The number of hydrogen-bond acceptors (Lipinski definition) is 2. The molecule has 0 bridgehead atoms. The van der Waals surface area contributed by atoms with Crippen molar-refractivity contribution in [2.45, 2.75) is 6.54 Å². The van der Waals surface area contributed by atoms with Gasteiger partial charge in [-0.15, -0.1) is 0 Å². The highest BCUT2D eigenvalue weighted by Crippen LogP contribution is 2.24. The number of halogens is 2. The summed E-state index contributed by atoms with van der Waals surface area (Å²) < 4.78 is 1.05. The van der Waals surface area contributed by atoms with Crippen LogP contribution in [0.5, 0.6) is 0 Å². The van der Waals surface area contributed by atoms with E-state index in [-0.39, 0.29) is 0 Å². The van der Waals surface area contributed by atoms with E-state index in [1.54, 1.807) is 18.2 Å². The van der Waals surface area contributed by atoms with Gasteiger partial charge in [-0.1, -0.05) is 45.7 Å². The maximum absolute atomic E-state index is 8.85. The Balaban J connectivity index is 2.16. The van der Waals surface area contributed by atoms with Crippen molar-refractivity contribution in [3.63, 3.8) is 0 Å². The number of nitrogens with zero attached hydrogens (tertiary/aromatic N) is 1. The molecule has 1 N–H and O–H groups in total. The summed E-state index contributed by atoms with van der Waals surface area (Å²) in [6.45, 7) is 0.649. The molecule has 2 rings (SSSR count). The molecule has 0 saturated heterocycles. The van der Waals surface area contributed by atoms with Crippen LogP contribution in [-0.2, 0) is 6.54 Å². The third-order valence-corrected chi connectivity index (χ3v) is 3.63. The molecule has 0 amide bonds. The molecule has 0 aromatic heterocycles. The van der Waals surface area contributed by atoms with Crippen molar-refractivity contribution in [3.8, 4) is 6.07 Å². The maximum Gasteiger partial charge on any atom is 0.0992 e. The third kappa shape index (κ3) is 3.04. The summed E-state index contributed by atoms with van der Waals surface area (Å²) in [5.74, 6) is 0. The average molecular weight is 322 g/mol. The number of nitriles is 1. The van der Waals surface area contributed by atoms with E-state index in [1.165, 1.54) is 0 Å². The molecular weight excluding hydrogens is 312 g/mol. The van der Waals surface area contributed by atoms with E-state index in [1.807, 2.05) is 24.3 Å². The lowest BCUT2D eigenvalue weighted by Gasteiger charge is -2.10. The predicted molar refractivity (Wildman–Crippen MR) is 77.6 cm³/mol. The Kier molecular flexibility index (Phi) is 4.24. The van der Waals surface area contributed by atoms with Crippen molar-refractivity contribution >= 4 is 33.2 Å². The summed E-state index contributed by atoms with van der Waals surface area (Å²) in [5.41, 5.74) is 2.50. The lowest BCUT2D eigenvalue weighted by molar-refractivity contribution is 1.14. The average Bonchev–Trinajstić information content (AvgIpc) is 2.39. The van der Waals surface area contributed by atoms with Gasteiger partial charge < -0.3 is 5.32 Å². The van der Waals surface area contributed by atoms with E-state index in [0.29, 0.717) is 17.1 Å². The van der Waals surface area contributed by atoms with Gasteiger partial charge in [-0.25, -0.2) is 0 Å². The molecule has 0 saturated carbocycles. The van der Waals surface area contributed by atoms with Crippen LogP contribution in [-0.4, -0.2) is 0 Å². The fourth-order valence-corrected chi connectivity index (χ4v) is 2.17. The van der Waals surface area contributed by atoms with Crippen molar-refractivity contribution in [1.29, 1.82) is 5.26 Å². The molecule has 2 nitrogen and oxygen atoms in total. The molecule has 0 aliphatic rings. The van der Waals surface area contributed by atoms with Crippen LogP contribution in [0.25, 0.3) is 0 Å². The van der Waals surface area contributed by atoms with Crippen LogP contribution in [0.15, 0.2) is 46.9 Å². The smallest absolute Gasteiger partial charge is 0.0992 e. The van der Waals surface area contributed by atoms with Crippen LogP contribution in [0.3, 0.4) is 0 Å². The second kappa shape index (κ2) is 5.90. The summed E-state index contributed by atoms with van der Waals surface area (Å²) in [5, 5.41) is 12.7.